The maximum Gasteiger partial charge on any atom is 0.233 e. The molecule has 0 N–H and O–H groups in total. The van der Waals surface area contributed by atoms with Crippen molar-refractivity contribution in [1.29, 1.82) is 5.26 Å². The number of fused-ring (bicyclic) bond motifs is 3. The molecule has 148 valence electrons. The molecule has 1 amide bonds. The molecule has 2 atom stereocenters. The van der Waals surface area contributed by atoms with Gasteiger partial charge in [0, 0.05) is 19.1 Å². The second-order valence-electron chi connectivity index (χ2n) is 9.47. The van der Waals surface area contributed by atoms with Gasteiger partial charge in [-0.25, -0.2) is 4.98 Å². The molecule has 1 aromatic heterocycles. The van der Waals surface area contributed by atoms with Crippen LogP contribution in [0.1, 0.15) is 46.5 Å². The number of nitriles is 1. The van der Waals surface area contributed by atoms with E-state index in [1.807, 2.05) is 24.3 Å². The van der Waals surface area contributed by atoms with Gasteiger partial charge in [0.1, 0.15) is 0 Å². The standard InChI is InChI=1S/C22H28N4OS/c1-21(2)11-16-12-22(3,14-21)15-26(16)19(27)13-28-20-24-17-7-4-5-8-18(17)25(20)10-6-9-23/h4-5,7-8,16H,6,10-15H2,1-3H3. The number of thioether (sulfide) groups is 1. The third-order valence-corrected chi connectivity index (χ3v) is 7.09. The third-order valence-electron chi connectivity index (χ3n) is 6.13. The minimum atomic E-state index is 0.218. The molecular weight excluding hydrogens is 368 g/mol. The van der Waals surface area contributed by atoms with E-state index in [2.05, 4.69) is 36.3 Å². The van der Waals surface area contributed by atoms with Gasteiger partial charge in [-0.05, 0) is 42.2 Å². The van der Waals surface area contributed by atoms with Crippen LogP contribution in [0.15, 0.2) is 29.4 Å². The highest BCUT2D eigenvalue weighted by Gasteiger charge is 2.50. The van der Waals surface area contributed by atoms with E-state index in [-0.39, 0.29) is 11.3 Å². The Morgan fingerprint density at radius 3 is 2.89 bits per heavy atom. The third kappa shape index (κ3) is 3.65. The fourth-order valence-electron chi connectivity index (χ4n) is 5.50. The highest BCUT2D eigenvalue weighted by atomic mass is 32.2. The summed E-state index contributed by atoms with van der Waals surface area (Å²) in [5.74, 6) is 0.624. The average molecular weight is 397 g/mol. The minimum Gasteiger partial charge on any atom is -0.338 e. The van der Waals surface area contributed by atoms with Crippen LogP contribution in [0.4, 0.5) is 0 Å². The van der Waals surface area contributed by atoms with Crippen molar-refractivity contribution >= 4 is 28.7 Å². The number of hydrogen-bond acceptors (Lipinski definition) is 4. The maximum atomic E-state index is 13.1. The molecule has 2 unspecified atom stereocenters. The van der Waals surface area contributed by atoms with Crippen LogP contribution >= 0.6 is 11.8 Å². The van der Waals surface area contributed by atoms with Crippen molar-refractivity contribution in [3.8, 4) is 6.07 Å². The van der Waals surface area contributed by atoms with Crippen molar-refractivity contribution in [2.24, 2.45) is 10.8 Å². The summed E-state index contributed by atoms with van der Waals surface area (Å²) in [6.45, 7) is 8.48. The zero-order valence-corrected chi connectivity index (χ0v) is 17.8. The first-order chi connectivity index (χ1) is 13.3. The van der Waals surface area contributed by atoms with Crippen molar-refractivity contribution in [2.45, 2.75) is 64.2 Å². The average Bonchev–Trinajstić information content (AvgIpc) is 3.10. The minimum absolute atomic E-state index is 0.218. The largest absolute Gasteiger partial charge is 0.338 e. The van der Waals surface area contributed by atoms with Crippen LogP contribution in [0.5, 0.6) is 0 Å². The fraction of sp³-hybridized carbons (Fsp3) is 0.591. The second-order valence-corrected chi connectivity index (χ2v) is 10.4. The lowest BCUT2D eigenvalue weighted by Gasteiger charge is -2.39. The molecule has 1 aliphatic heterocycles. The van der Waals surface area contributed by atoms with Crippen molar-refractivity contribution in [1.82, 2.24) is 14.5 Å². The normalized spacial score (nSPS) is 25.8. The number of carbonyl (C=O) groups is 1. The van der Waals surface area contributed by atoms with Crippen LogP contribution in [-0.4, -0.2) is 38.7 Å². The molecule has 28 heavy (non-hydrogen) atoms. The molecule has 2 fully saturated rings. The molecule has 4 rings (SSSR count). The molecule has 1 saturated carbocycles. The molecule has 6 heteroatoms. The number of carbonyl (C=O) groups excluding carboxylic acids is 1. The zero-order chi connectivity index (χ0) is 19.9. The van der Waals surface area contributed by atoms with Crippen LogP contribution < -0.4 is 0 Å². The highest BCUT2D eigenvalue weighted by molar-refractivity contribution is 7.99. The number of nitrogens with zero attached hydrogens (tertiary/aromatic N) is 4. The van der Waals surface area contributed by atoms with Crippen molar-refractivity contribution in [3.05, 3.63) is 24.3 Å². The summed E-state index contributed by atoms with van der Waals surface area (Å²) < 4.78 is 2.07. The number of imidazole rings is 1. The molecular formula is C22H28N4OS. The first-order valence-corrected chi connectivity index (χ1v) is 11.0. The van der Waals surface area contributed by atoms with Gasteiger partial charge in [-0.2, -0.15) is 5.26 Å². The molecule has 2 aromatic rings. The number of aromatic nitrogens is 2. The van der Waals surface area contributed by atoms with E-state index in [0.717, 1.165) is 35.6 Å². The van der Waals surface area contributed by atoms with E-state index in [1.165, 1.54) is 18.2 Å². The predicted molar refractivity (Wildman–Crippen MR) is 112 cm³/mol. The zero-order valence-electron chi connectivity index (χ0n) is 16.9. The van der Waals surface area contributed by atoms with E-state index in [0.29, 0.717) is 30.2 Å². The number of benzene rings is 1. The Labute approximate surface area is 171 Å². The Bertz CT molecular complexity index is 944. The number of hydrogen-bond donors (Lipinski definition) is 0. The van der Waals surface area contributed by atoms with E-state index in [9.17, 15) is 4.79 Å². The van der Waals surface area contributed by atoms with E-state index >= 15 is 0 Å². The number of aryl methyl sites for hydroxylation is 1. The van der Waals surface area contributed by atoms with Crippen LogP contribution in [-0.2, 0) is 11.3 Å². The Morgan fingerprint density at radius 2 is 2.11 bits per heavy atom. The summed E-state index contributed by atoms with van der Waals surface area (Å²) in [4.78, 5) is 19.9. The number of para-hydroxylation sites is 2. The van der Waals surface area contributed by atoms with Gasteiger partial charge in [0.15, 0.2) is 5.16 Å². The molecule has 2 heterocycles. The maximum absolute atomic E-state index is 13.1. The van der Waals surface area contributed by atoms with Crippen molar-refractivity contribution in [3.63, 3.8) is 0 Å². The molecule has 0 spiro atoms. The van der Waals surface area contributed by atoms with Gasteiger partial charge in [0.05, 0.1) is 29.3 Å². The lowest BCUT2D eigenvalue weighted by atomic mass is 9.65. The van der Waals surface area contributed by atoms with Crippen LogP contribution in [0.25, 0.3) is 11.0 Å². The number of amides is 1. The summed E-state index contributed by atoms with van der Waals surface area (Å²) in [6, 6.07) is 10.5. The summed E-state index contributed by atoms with van der Waals surface area (Å²) in [5, 5.41) is 9.82. The summed E-state index contributed by atoms with van der Waals surface area (Å²) in [5.41, 5.74) is 2.51. The lowest BCUT2D eigenvalue weighted by molar-refractivity contribution is -0.129. The SMILES string of the molecule is CC1(C)CC2CC(C)(CN2C(=O)CSc2nc3ccccc3n2CCC#N)C1. The lowest BCUT2D eigenvalue weighted by Crippen LogP contribution is -2.38. The molecule has 1 aliphatic carbocycles. The van der Waals surface area contributed by atoms with Crippen molar-refractivity contribution < 1.29 is 4.79 Å². The Balaban J connectivity index is 1.49. The Morgan fingerprint density at radius 1 is 1.32 bits per heavy atom. The molecule has 2 bridgehead atoms. The van der Waals surface area contributed by atoms with Gasteiger partial charge in [-0.15, -0.1) is 0 Å². The van der Waals surface area contributed by atoms with E-state index < -0.39 is 0 Å². The topological polar surface area (TPSA) is 61.9 Å². The quantitative estimate of drug-likeness (QED) is 0.700. The van der Waals surface area contributed by atoms with Gasteiger partial charge < -0.3 is 9.47 Å². The van der Waals surface area contributed by atoms with E-state index in [1.54, 1.807) is 0 Å². The highest BCUT2D eigenvalue weighted by Crippen LogP contribution is 2.52. The summed E-state index contributed by atoms with van der Waals surface area (Å²) >= 11 is 1.50. The summed E-state index contributed by atoms with van der Waals surface area (Å²) in [7, 11) is 0. The molecule has 1 saturated heterocycles. The molecule has 2 aliphatic rings. The Hall–Kier alpha value is -2.00. The number of rotatable bonds is 5. The van der Waals surface area contributed by atoms with E-state index in [4.69, 9.17) is 10.2 Å². The first kappa shape index (κ1) is 19.3. The van der Waals surface area contributed by atoms with Gasteiger partial charge in [-0.3, -0.25) is 4.79 Å². The van der Waals surface area contributed by atoms with Crippen LogP contribution in [0.3, 0.4) is 0 Å². The Kier molecular flexibility index (Phi) is 4.91. The van der Waals surface area contributed by atoms with Crippen LogP contribution in [0, 0.1) is 22.2 Å². The first-order valence-electron chi connectivity index (χ1n) is 10.0. The smallest absolute Gasteiger partial charge is 0.233 e. The fourth-order valence-corrected chi connectivity index (χ4v) is 6.43. The molecule has 0 radical (unpaired) electrons. The predicted octanol–water partition coefficient (Wildman–Crippen LogP) is 4.47. The molecule has 5 nitrogen and oxygen atoms in total. The van der Waals surface area contributed by atoms with Gasteiger partial charge in [-0.1, -0.05) is 44.7 Å². The monoisotopic (exact) mass is 396 g/mol. The van der Waals surface area contributed by atoms with Crippen LogP contribution in [0.2, 0.25) is 0 Å². The van der Waals surface area contributed by atoms with Gasteiger partial charge in [0.2, 0.25) is 5.91 Å². The van der Waals surface area contributed by atoms with Crippen molar-refractivity contribution in [2.75, 3.05) is 12.3 Å². The van der Waals surface area contributed by atoms with Gasteiger partial charge in [0.25, 0.3) is 0 Å². The van der Waals surface area contributed by atoms with Gasteiger partial charge >= 0.3 is 0 Å². The number of likely N-dealkylation sites (tertiary alicyclic amines) is 1. The second kappa shape index (κ2) is 7.11. The molecule has 1 aromatic carbocycles. The summed E-state index contributed by atoms with van der Waals surface area (Å²) in [6.07, 6.45) is 3.86.